The van der Waals surface area contributed by atoms with Crippen LogP contribution in [0.3, 0.4) is 0 Å². The summed E-state index contributed by atoms with van der Waals surface area (Å²) in [5.41, 5.74) is 0.498. The second kappa shape index (κ2) is 4.97. The summed E-state index contributed by atoms with van der Waals surface area (Å²) in [6.45, 7) is 0.229. The molecule has 2 aromatic rings. The van der Waals surface area contributed by atoms with Crippen LogP contribution in [0, 0.1) is 5.82 Å². The molecule has 5 heteroatoms. The number of aromatic carboxylic acids is 1. The molecule has 88 valence electrons. The van der Waals surface area contributed by atoms with Gasteiger partial charge in [0, 0.05) is 0 Å². The van der Waals surface area contributed by atoms with E-state index in [1.807, 2.05) is 16.8 Å². The SMILES string of the molecule is O=C(O)c1c(F)cccc1OCc1ccsc1. The molecule has 0 spiro atoms. The Kier molecular flexibility index (Phi) is 3.39. The first-order chi connectivity index (χ1) is 8.18. The van der Waals surface area contributed by atoms with Gasteiger partial charge in [0.05, 0.1) is 0 Å². The summed E-state index contributed by atoms with van der Waals surface area (Å²) in [5.74, 6) is -2.08. The molecule has 0 fully saturated rings. The number of thiophene rings is 1. The van der Waals surface area contributed by atoms with E-state index in [0.717, 1.165) is 11.6 Å². The molecule has 1 heterocycles. The molecule has 1 N–H and O–H groups in total. The average Bonchev–Trinajstić information content (AvgIpc) is 2.78. The van der Waals surface area contributed by atoms with Gasteiger partial charge in [-0.1, -0.05) is 6.07 Å². The lowest BCUT2D eigenvalue weighted by Gasteiger charge is -2.08. The van der Waals surface area contributed by atoms with Crippen molar-refractivity contribution in [1.29, 1.82) is 0 Å². The normalized spacial score (nSPS) is 10.2. The molecule has 0 saturated heterocycles. The van der Waals surface area contributed by atoms with E-state index in [0.29, 0.717) is 0 Å². The van der Waals surface area contributed by atoms with Crippen molar-refractivity contribution in [2.24, 2.45) is 0 Å². The van der Waals surface area contributed by atoms with Crippen molar-refractivity contribution in [2.45, 2.75) is 6.61 Å². The van der Waals surface area contributed by atoms with E-state index in [2.05, 4.69) is 0 Å². The number of carboxylic acid groups (broad SMARTS) is 1. The largest absolute Gasteiger partial charge is 0.488 e. The molecule has 0 aliphatic rings. The maximum absolute atomic E-state index is 13.3. The summed E-state index contributed by atoms with van der Waals surface area (Å²) in [4.78, 5) is 10.9. The van der Waals surface area contributed by atoms with E-state index in [4.69, 9.17) is 9.84 Å². The summed E-state index contributed by atoms with van der Waals surface area (Å²) < 4.78 is 18.6. The maximum atomic E-state index is 13.3. The van der Waals surface area contributed by atoms with E-state index in [-0.39, 0.29) is 12.4 Å². The molecule has 0 amide bonds. The van der Waals surface area contributed by atoms with Crippen molar-refractivity contribution >= 4 is 17.3 Å². The van der Waals surface area contributed by atoms with E-state index in [1.165, 1.54) is 23.5 Å². The molecule has 0 saturated carbocycles. The third-order valence-corrected chi connectivity index (χ3v) is 2.90. The van der Waals surface area contributed by atoms with Gasteiger partial charge in [-0.25, -0.2) is 9.18 Å². The third kappa shape index (κ3) is 2.62. The van der Waals surface area contributed by atoms with Gasteiger partial charge in [0.2, 0.25) is 0 Å². The minimum absolute atomic E-state index is 0.0451. The van der Waals surface area contributed by atoms with Crippen LogP contribution in [0.5, 0.6) is 5.75 Å². The standard InChI is InChI=1S/C12H9FO3S/c13-9-2-1-3-10(11(9)12(14)15)16-6-8-4-5-17-7-8/h1-5,7H,6H2,(H,14,15). The molecule has 2 rings (SSSR count). The van der Waals surface area contributed by atoms with Gasteiger partial charge in [0.15, 0.2) is 0 Å². The van der Waals surface area contributed by atoms with Crippen LogP contribution in [0.15, 0.2) is 35.0 Å². The first-order valence-electron chi connectivity index (χ1n) is 4.84. The third-order valence-electron chi connectivity index (χ3n) is 2.16. The Morgan fingerprint density at radius 3 is 2.88 bits per heavy atom. The predicted octanol–water partition coefficient (Wildman–Crippen LogP) is 3.16. The smallest absolute Gasteiger partial charge is 0.342 e. The minimum atomic E-state index is -1.33. The second-order valence-electron chi connectivity index (χ2n) is 3.34. The Bertz CT molecular complexity index is 523. The lowest BCUT2D eigenvalue weighted by molar-refractivity contribution is 0.0686. The van der Waals surface area contributed by atoms with Gasteiger partial charge in [-0.05, 0) is 34.5 Å². The highest BCUT2D eigenvalue weighted by molar-refractivity contribution is 7.07. The molecule has 17 heavy (non-hydrogen) atoms. The molecular weight excluding hydrogens is 243 g/mol. The maximum Gasteiger partial charge on any atom is 0.342 e. The number of hydrogen-bond donors (Lipinski definition) is 1. The number of benzene rings is 1. The summed E-state index contributed by atoms with van der Waals surface area (Å²) in [6.07, 6.45) is 0. The molecule has 3 nitrogen and oxygen atoms in total. The topological polar surface area (TPSA) is 46.5 Å². The van der Waals surface area contributed by atoms with Crippen molar-refractivity contribution in [3.8, 4) is 5.75 Å². The predicted molar refractivity (Wildman–Crippen MR) is 62.0 cm³/mol. The van der Waals surface area contributed by atoms with Crippen molar-refractivity contribution in [1.82, 2.24) is 0 Å². The van der Waals surface area contributed by atoms with Crippen molar-refractivity contribution < 1.29 is 19.0 Å². The van der Waals surface area contributed by atoms with Gasteiger partial charge in [-0.2, -0.15) is 11.3 Å². The molecule has 0 atom stereocenters. The zero-order valence-electron chi connectivity index (χ0n) is 8.72. The fourth-order valence-corrected chi connectivity index (χ4v) is 2.02. The summed E-state index contributed by atoms with van der Waals surface area (Å²) in [5, 5.41) is 12.7. The van der Waals surface area contributed by atoms with E-state index >= 15 is 0 Å². The van der Waals surface area contributed by atoms with Crippen LogP contribution >= 0.6 is 11.3 Å². The van der Waals surface area contributed by atoms with Crippen LogP contribution in [-0.4, -0.2) is 11.1 Å². The highest BCUT2D eigenvalue weighted by Crippen LogP contribution is 2.22. The van der Waals surface area contributed by atoms with Crippen molar-refractivity contribution in [2.75, 3.05) is 0 Å². The van der Waals surface area contributed by atoms with Gasteiger partial charge < -0.3 is 9.84 Å². The quantitative estimate of drug-likeness (QED) is 0.909. The first kappa shape index (κ1) is 11.6. The molecule has 0 aliphatic carbocycles. The average molecular weight is 252 g/mol. The van der Waals surface area contributed by atoms with Crippen LogP contribution in [0.25, 0.3) is 0 Å². The molecule has 1 aromatic carbocycles. The zero-order valence-corrected chi connectivity index (χ0v) is 9.54. The van der Waals surface area contributed by atoms with E-state index in [1.54, 1.807) is 0 Å². The van der Waals surface area contributed by atoms with Gasteiger partial charge >= 0.3 is 5.97 Å². The summed E-state index contributed by atoms with van der Waals surface area (Å²) >= 11 is 1.52. The summed E-state index contributed by atoms with van der Waals surface area (Å²) in [7, 11) is 0. The molecule has 0 bridgehead atoms. The lowest BCUT2D eigenvalue weighted by atomic mass is 10.2. The first-order valence-corrected chi connectivity index (χ1v) is 5.78. The number of rotatable bonds is 4. The molecule has 0 aliphatic heterocycles. The van der Waals surface area contributed by atoms with E-state index in [9.17, 15) is 9.18 Å². The lowest BCUT2D eigenvalue weighted by Crippen LogP contribution is -2.05. The minimum Gasteiger partial charge on any atom is -0.488 e. The van der Waals surface area contributed by atoms with Crippen LogP contribution in [0.4, 0.5) is 4.39 Å². The van der Waals surface area contributed by atoms with Gasteiger partial charge in [-0.3, -0.25) is 0 Å². The molecule has 0 unspecified atom stereocenters. The zero-order chi connectivity index (χ0) is 12.3. The van der Waals surface area contributed by atoms with Gasteiger partial charge in [0.1, 0.15) is 23.7 Å². The Morgan fingerprint density at radius 1 is 1.41 bits per heavy atom. The Balaban J connectivity index is 2.21. The van der Waals surface area contributed by atoms with Crippen LogP contribution in [0.1, 0.15) is 15.9 Å². The number of carbonyl (C=O) groups is 1. The second-order valence-corrected chi connectivity index (χ2v) is 4.12. The Morgan fingerprint density at radius 2 is 2.24 bits per heavy atom. The van der Waals surface area contributed by atoms with Crippen LogP contribution in [-0.2, 0) is 6.61 Å². The van der Waals surface area contributed by atoms with Gasteiger partial charge in [-0.15, -0.1) is 0 Å². The monoisotopic (exact) mass is 252 g/mol. The Hall–Kier alpha value is -1.88. The fourth-order valence-electron chi connectivity index (χ4n) is 1.37. The van der Waals surface area contributed by atoms with E-state index < -0.39 is 17.3 Å². The van der Waals surface area contributed by atoms with Crippen molar-refractivity contribution in [3.05, 3.63) is 52.0 Å². The molecule has 1 aromatic heterocycles. The molecular formula is C12H9FO3S. The highest BCUT2D eigenvalue weighted by Gasteiger charge is 2.16. The number of halogens is 1. The van der Waals surface area contributed by atoms with Crippen molar-refractivity contribution in [3.63, 3.8) is 0 Å². The van der Waals surface area contributed by atoms with Gasteiger partial charge in [0.25, 0.3) is 0 Å². The number of ether oxygens (including phenoxy) is 1. The fraction of sp³-hybridized carbons (Fsp3) is 0.0833. The number of hydrogen-bond acceptors (Lipinski definition) is 3. The van der Waals surface area contributed by atoms with Crippen LogP contribution in [0.2, 0.25) is 0 Å². The Labute approximate surface area is 101 Å². The molecule has 0 radical (unpaired) electrons. The van der Waals surface area contributed by atoms with Crippen LogP contribution < -0.4 is 4.74 Å². The number of carboxylic acids is 1. The highest BCUT2D eigenvalue weighted by atomic mass is 32.1. The summed E-state index contributed by atoms with van der Waals surface area (Å²) in [6, 6.07) is 5.83.